The number of ether oxygens (including phenoxy) is 2. The van der Waals surface area contributed by atoms with Crippen LogP contribution >= 0.6 is 0 Å². The molecule has 0 aliphatic heterocycles. The molecule has 0 atom stereocenters. The minimum absolute atomic E-state index is 0.0231. The number of aromatic nitrogens is 2. The van der Waals surface area contributed by atoms with E-state index in [0.717, 1.165) is 18.2 Å². The predicted molar refractivity (Wildman–Crippen MR) is 81.9 cm³/mol. The zero-order valence-electron chi connectivity index (χ0n) is 13.4. The monoisotopic (exact) mass is 382 g/mol. The summed E-state index contributed by atoms with van der Waals surface area (Å²) in [5.41, 5.74) is 0.394. The van der Waals surface area contributed by atoms with Crippen molar-refractivity contribution in [3.8, 4) is 17.1 Å². The van der Waals surface area contributed by atoms with Crippen LogP contribution in [0.2, 0.25) is 0 Å². The lowest BCUT2D eigenvalue weighted by molar-refractivity contribution is -0.274. The van der Waals surface area contributed by atoms with Gasteiger partial charge in [0.1, 0.15) is 11.6 Å². The van der Waals surface area contributed by atoms with E-state index in [1.165, 1.54) is 30.3 Å². The van der Waals surface area contributed by atoms with Gasteiger partial charge in [-0.15, -0.1) is 13.2 Å². The summed E-state index contributed by atoms with van der Waals surface area (Å²) in [6, 6.07) is 9.78. The van der Waals surface area contributed by atoms with Crippen molar-refractivity contribution in [1.82, 2.24) is 10.1 Å². The van der Waals surface area contributed by atoms with Crippen molar-refractivity contribution in [3.05, 3.63) is 65.8 Å². The smallest absolute Gasteiger partial charge is 0.452 e. The number of hydrogen-bond donors (Lipinski definition) is 0. The van der Waals surface area contributed by atoms with E-state index < -0.39 is 18.1 Å². The second-order valence-corrected chi connectivity index (χ2v) is 5.17. The number of esters is 1. The Morgan fingerprint density at radius 3 is 2.52 bits per heavy atom. The third-order valence-electron chi connectivity index (χ3n) is 3.20. The Balaban J connectivity index is 1.62. The van der Waals surface area contributed by atoms with Crippen LogP contribution in [0.4, 0.5) is 17.6 Å². The molecule has 0 fully saturated rings. The fraction of sp³-hybridized carbons (Fsp3) is 0.118. The molecule has 0 amide bonds. The van der Waals surface area contributed by atoms with E-state index in [9.17, 15) is 22.4 Å². The molecule has 10 heteroatoms. The molecule has 0 aliphatic carbocycles. The van der Waals surface area contributed by atoms with Crippen molar-refractivity contribution >= 4 is 5.97 Å². The molecule has 1 aromatic heterocycles. The highest BCUT2D eigenvalue weighted by molar-refractivity contribution is 5.89. The van der Waals surface area contributed by atoms with Gasteiger partial charge in [0.2, 0.25) is 5.82 Å². The van der Waals surface area contributed by atoms with Crippen LogP contribution < -0.4 is 4.74 Å². The van der Waals surface area contributed by atoms with Crippen LogP contribution in [0, 0.1) is 5.82 Å². The Morgan fingerprint density at radius 1 is 1.11 bits per heavy atom. The van der Waals surface area contributed by atoms with Gasteiger partial charge >= 0.3 is 12.3 Å². The highest BCUT2D eigenvalue weighted by atomic mass is 19.4. The van der Waals surface area contributed by atoms with Gasteiger partial charge in [0.25, 0.3) is 5.89 Å². The van der Waals surface area contributed by atoms with Crippen LogP contribution in [0.3, 0.4) is 0 Å². The van der Waals surface area contributed by atoms with Crippen molar-refractivity contribution < 1.29 is 36.4 Å². The molecule has 0 saturated carbocycles. The molecule has 0 N–H and O–H groups in total. The van der Waals surface area contributed by atoms with E-state index in [0.29, 0.717) is 5.56 Å². The average Bonchev–Trinajstić information content (AvgIpc) is 3.08. The SMILES string of the molecule is O=C(OCc1nc(-c2ccc(OC(F)(F)F)cc2)no1)c1cccc(F)c1. The van der Waals surface area contributed by atoms with Gasteiger partial charge in [0.15, 0.2) is 6.61 Å². The fourth-order valence-corrected chi connectivity index (χ4v) is 2.06. The van der Waals surface area contributed by atoms with Gasteiger partial charge < -0.3 is 14.0 Å². The quantitative estimate of drug-likeness (QED) is 0.488. The summed E-state index contributed by atoms with van der Waals surface area (Å²) < 4.78 is 63.1. The van der Waals surface area contributed by atoms with E-state index in [2.05, 4.69) is 14.9 Å². The van der Waals surface area contributed by atoms with E-state index in [1.807, 2.05) is 0 Å². The normalized spacial score (nSPS) is 11.3. The van der Waals surface area contributed by atoms with E-state index in [4.69, 9.17) is 9.26 Å². The lowest BCUT2D eigenvalue weighted by atomic mass is 10.2. The zero-order valence-corrected chi connectivity index (χ0v) is 13.4. The molecule has 0 aliphatic rings. The largest absolute Gasteiger partial charge is 0.573 e. The predicted octanol–water partition coefficient (Wildman–Crippen LogP) is 4.13. The lowest BCUT2D eigenvalue weighted by Gasteiger charge is -2.08. The standard InChI is InChI=1S/C17H10F4N2O4/c18-12-3-1-2-11(8-12)16(24)25-9-14-22-15(23-27-14)10-4-6-13(7-5-10)26-17(19,20)21/h1-8H,9H2. The van der Waals surface area contributed by atoms with Crippen molar-refractivity contribution in [2.24, 2.45) is 0 Å². The number of carbonyl (C=O) groups excluding carboxylic acids is 1. The summed E-state index contributed by atoms with van der Waals surface area (Å²) in [6.07, 6.45) is -4.79. The molecule has 0 unspecified atom stereocenters. The molecular weight excluding hydrogens is 372 g/mol. The Labute approximate surface area is 149 Å². The first-order valence-electron chi connectivity index (χ1n) is 7.41. The van der Waals surface area contributed by atoms with Crippen LogP contribution in [0.1, 0.15) is 16.2 Å². The van der Waals surface area contributed by atoms with Gasteiger partial charge in [0, 0.05) is 5.56 Å². The number of benzene rings is 2. The van der Waals surface area contributed by atoms with E-state index in [-0.39, 0.29) is 29.6 Å². The van der Waals surface area contributed by atoms with Crippen molar-refractivity contribution in [2.45, 2.75) is 13.0 Å². The number of rotatable bonds is 5. The number of alkyl halides is 3. The maximum atomic E-state index is 13.1. The first-order chi connectivity index (χ1) is 12.8. The van der Waals surface area contributed by atoms with E-state index in [1.54, 1.807) is 0 Å². The van der Waals surface area contributed by atoms with Gasteiger partial charge in [0.05, 0.1) is 5.56 Å². The number of halogens is 4. The summed E-state index contributed by atoms with van der Waals surface area (Å²) in [6.45, 7) is -0.350. The minimum Gasteiger partial charge on any atom is -0.452 e. The highest BCUT2D eigenvalue weighted by Gasteiger charge is 2.31. The second kappa shape index (κ2) is 7.44. The molecular formula is C17H10F4N2O4. The molecule has 0 radical (unpaired) electrons. The number of carbonyl (C=O) groups is 1. The molecule has 27 heavy (non-hydrogen) atoms. The van der Waals surface area contributed by atoms with Crippen LogP contribution in [-0.2, 0) is 11.3 Å². The summed E-state index contributed by atoms with van der Waals surface area (Å²) in [5.74, 6) is -1.69. The highest BCUT2D eigenvalue weighted by Crippen LogP contribution is 2.25. The van der Waals surface area contributed by atoms with Crippen LogP contribution in [-0.4, -0.2) is 22.5 Å². The zero-order chi connectivity index (χ0) is 19.4. The molecule has 3 aromatic rings. The molecule has 3 rings (SSSR count). The fourth-order valence-electron chi connectivity index (χ4n) is 2.06. The summed E-state index contributed by atoms with van der Waals surface area (Å²) >= 11 is 0. The van der Waals surface area contributed by atoms with Gasteiger partial charge in [-0.1, -0.05) is 11.2 Å². The molecule has 2 aromatic carbocycles. The summed E-state index contributed by atoms with van der Waals surface area (Å²) in [7, 11) is 0. The lowest BCUT2D eigenvalue weighted by Crippen LogP contribution is -2.16. The maximum Gasteiger partial charge on any atom is 0.573 e. The van der Waals surface area contributed by atoms with Gasteiger partial charge in [-0.3, -0.25) is 0 Å². The molecule has 6 nitrogen and oxygen atoms in total. The number of hydrogen-bond acceptors (Lipinski definition) is 6. The summed E-state index contributed by atoms with van der Waals surface area (Å²) in [4.78, 5) is 15.8. The molecule has 0 bridgehead atoms. The van der Waals surface area contributed by atoms with Crippen LogP contribution in [0.15, 0.2) is 53.1 Å². The van der Waals surface area contributed by atoms with E-state index >= 15 is 0 Å². The Kier molecular flexibility index (Phi) is 5.06. The first-order valence-corrected chi connectivity index (χ1v) is 7.41. The molecule has 140 valence electrons. The van der Waals surface area contributed by atoms with Crippen molar-refractivity contribution in [3.63, 3.8) is 0 Å². The van der Waals surface area contributed by atoms with Crippen molar-refractivity contribution in [2.75, 3.05) is 0 Å². The van der Waals surface area contributed by atoms with Crippen LogP contribution in [0.5, 0.6) is 5.75 Å². The average molecular weight is 382 g/mol. The van der Waals surface area contributed by atoms with Gasteiger partial charge in [-0.05, 0) is 42.5 Å². The van der Waals surface area contributed by atoms with Gasteiger partial charge in [-0.2, -0.15) is 4.98 Å². The first kappa shape index (κ1) is 18.4. The third-order valence-corrected chi connectivity index (χ3v) is 3.20. The van der Waals surface area contributed by atoms with Crippen LogP contribution in [0.25, 0.3) is 11.4 Å². The Morgan fingerprint density at radius 2 is 1.85 bits per heavy atom. The topological polar surface area (TPSA) is 74.5 Å². The maximum absolute atomic E-state index is 13.1. The summed E-state index contributed by atoms with van der Waals surface area (Å²) in [5, 5.41) is 3.66. The van der Waals surface area contributed by atoms with Gasteiger partial charge in [-0.25, -0.2) is 9.18 Å². The molecule has 0 spiro atoms. The third kappa shape index (κ3) is 5.03. The number of nitrogens with zero attached hydrogens (tertiary/aromatic N) is 2. The molecule has 1 heterocycles. The van der Waals surface area contributed by atoms with Crippen molar-refractivity contribution in [1.29, 1.82) is 0 Å². The Bertz CT molecular complexity index is 939. The second-order valence-electron chi connectivity index (χ2n) is 5.17. The minimum atomic E-state index is -4.79. The molecule has 0 saturated heterocycles. The Hall–Kier alpha value is -3.43.